The highest BCUT2D eigenvalue weighted by atomic mass is 16.6. The van der Waals surface area contributed by atoms with Crippen LogP contribution >= 0.6 is 0 Å². The van der Waals surface area contributed by atoms with E-state index in [1.807, 2.05) is 56.3 Å². The number of anilines is 1. The monoisotopic (exact) mass is 364 g/mol. The van der Waals surface area contributed by atoms with E-state index in [0.29, 0.717) is 17.1 Å². The van der Waals surface area contributed by atoms with Crippen molar-refractivity contribution in [1.82, 2.24) is 4.98 Å². The standard InChI is InChI=1S/C21H20N2O4/c1-21(2)16-11-15-14(12-6-5-7-13(10-12)25-3)8-9-17(26-4)18(15)22-19(16)23-20(24)27-21/h5-11H,1-4H3,(H,22,23,24). The Kier molecular flexibility index (Phi) is 3.91. The molecule has 1 amide bonds. The van der Waals surface area contributed by atoms with E-state index >= 15 is 0 Å². The van der Waals surface area contributed by atoms with Gasteiger partial charge in [0.05, 0.1) is 14.2 Å². The lowest BCUT2D eigenvalue weighted by Crippen LogP contribution is -2.35. The summed E-state index contributed by atoms with van der Waals surface area (Å²) in [6.45, 7) is 3.70. The van der Waals surface area contributed by atoms with Gasteiger partial charge in [-0.15, -0.1) is 0 Å². The van der Waals surface area contributed by atoms with Crippen LogP contribution in [0, 0.1) is 0 Å². The number of benzene rings is 2. The molecule has 1 N–H and O–H groups in total. The number of pyridine rings is 1. The van der Waals surface area contributed by atoms with Crippen molar-refractivity contribution in [3.63, 3.8) is 0 Å². The molecule has 27 heavy (non-hydrogen) atoms. The number of cyclic esters (lactones) is 1. The SMILES string of the molecule is COc1cccc(-c2ccc(OC)c3nc4c(cc23)C(C)(C)OC(=O)N4)c1. The molecule has 138 valence electrons. The molecule has 6 heteroatoms. The zero-order valence-electron chi connectivity index (χ0n) is 15.6. The molecule has 1 aromatic heterocycles. The van der Waals surface area contributed by atoms with Crippen LogP contribution in [0.1, 0.15) is 19.4 Å². The lowest BCUT2D eigenvalue weighted by molar-refractivity contribution is 0.0417. The number of carbonyl (C=O) groups excluding carboxylic acids is 1. The van der Waals surface area contributed by atoms with Crippen molar-refractivity contribution in [2.24, 2.45) is 0 Å². The first-order valence-corrected chi connectivity index (χ1v) is 8.59. The van der Waals surface area contributed by atoms with E-state index in [-0.39, 0.29) is 0 Å². The predicted molar refractivity (Wildman–Crippen MR) is 103 cm³/mol. The zero-order valence-corrected chi connectivity index (χ0v) is 15.6. The molecular weight excluding hydrogens is 344 g/mol. The predicted octanol–water partition coefficient (Wildman–Crippen LogP) is 4.72. The van der Waals surface area contributed by atoms with Crippen molar-refractivity contribution in [1.29, 1.82) is 0 Å². The molecule has 2 heterocycles. The highest BCUT2D eigenvalue weighted by Gasteiger charge is 2.35. The fraction of sp³-hybridized carbons (Fsp3) is 0.238. The van der Waals surface area contributed by atoms with Gasteiger partial charge in [0.25, 0.3) is 0 Å². The Balaban J connectivity index is 2.03. The van der Waals surface area contributed by atoms with E-state index in [2.05, 4.69) is 5.32 Å². The third-order valence-electron chi connectivity index (χ3n) is 4.77. The molecule has 3 aromatic rings. The minimum absolute atomic E-state index is 0.491. The number of amides is 1. The largest absolute Gasteiger partial charge is 0.497 e. The van der Waals surface area contributed by atoms with Gasteiger partial charge in [0.1, 0.15) is 28.4 Å². The van der Waals surface area contributed by atoms with Crippen molar-refractivity contribution in [3.8, 4) is 22.6 Å². The first-order valence-electron chi connectivity index (χ1n) is 8.59. The Labute approximate surface area is 157 Å². The van der Waals surface area contributed by atoms with Crippen molar-refractivity contribution < 1.29 is 19.0 Å². The average Bonchev–Trinajstić information content (AvgIpc) is 2.65. The molecule has 0 aliphatic carbocycles. The summed E-state index contributed by atoms with van der Waals surface area (Å²) in [6, 6.07) is 13.7. The van der Waals surface area contributed by atoms with Gasteiger partial charge in [-0.1, -0.05) is 12.1 Å². The Morgan fingerprint density at radius 1 is 1.07 bits per heavy atom. The molecule has 4 rings (SSSR count). The quantitative estimate of drug-likeness (QED) is 0.728. The van der Waals surface area contributed by atoms with Gasteiger partial charge in [-0.2, -0.15) is 0 Å². The molecule has 6 nitrogen and oxygen atoms in total. The van der Waals surface area contributed by atoms with Gasteiger partial charge in [-0.3, -0.25) is 5.32 Å². The van der Waals surface area contributed by atoms with E-state index in [0.717, 1.165) is 27.8 Å². The van der Waals surface area contributed by atoms with Gasteiger partial charge < -0.3 is 14.2 Å². The van der Waals surface area contributed by atoms with E-state index in [4.69, 9.17) is 19.2 Å². The fourth-order valence-electron chi connectivity index (χ4n) is 3.40. The number of methoxy groups -OCH3 is 2. The van der Waals surface area contributed by atoms with Gasteiger partial charge in [0.15, 0.2) is 0 Å². The summed E-state index contributed by atoms with van der Waals surface area (Å²) in [4.78, 5) is 16.6. The number of hydrogen-bond donors (Lipinski definition) is 1. The Hall–Kier alpha value is -3.28. The van der Waals surface area contributed by atoms with E-state index in [9.17, 15) is 4.79 Å². The molecule has 0 fully saturated rings. The van der Waals surface area contributed by atoms with Crippen LogP contribution in [0.25, 0.3) is 22.0 Å². The number of carbonyl (C=O) groups is 1. The summed E-state index contributed by atoms with van der Waals surface area (Å²) in [5, 5.41) is 3.60. The third kappa shape index (κ3) is 2.83. The number of nitrogens with one attached hydrogen (secondary N) is 1. The summed E-state index contributed by atoms with van der Waals surface area (Å²) < 4.78 is 16.3. The second kappa shape index (κ2) is 6.16. The molecule has 1 aliphatic rings. The zero-order chi connectivity index (χ0) is 19.2. The van der Waals surface area contributed by atoms with Crippen LogP contribution in [0.5, 0.6) is 11.5 Å². The number of ether oxygens (including phenoxy) is 3. The van der Waals surface area contributed by atoms with E-state index < -0.39 is 11.7 Å². The van der Waals surface area contributed by atoms with Crippen LogP contribution in [0.2, 0.25) is 0 Å². The second-order valence-electron chi connectivity index (χ2n) is 6.85. The maximum absolute atomic E-state index is 11.9. The van der Waals surface area contributed by atoms with Crippen LogP contribution < -0.4 is 14.8 Å². The Bertz CT molecular complexity index is 1060. The molecule has 0 atom stereocenters. The third-order valence-corrected chi connectivity index (χ3v) is 4.77. The Morgan fingerprint density at radius 3 is 2.63 bits per heavy atom. The van der Waals surface area contributed by atoms with Crippen molar-refractivity contribution in [2.75, 3.05) is 19.5 Å². The summed E-state index contributed by atoms with van der Waals surface area (Å²) in [5.41, 5.74) is 2.70. The average molecular weight is 364 g/mol. The second-order valence-corrected chi connectivity index (χ2v) is 6.85. The molecule has 0 unspecified atom stereocenters. The number of rotatable bonds is 3. The molecule has 0 saturated heterocycles. The highest BCUT2D eigenvalue weighted by molar-refractivity contribution is 6.01. The van der Waals surface area contributed by atoms with E-state index in [1.54, 1.807) is 14.2 Å². The van der Waals surface area contributed by atoms with Gasteiger partial charge in [0, 0.05) is 10.9 Å². The topological polar surface area (TPSA) is 69.7 Å². The minimum atomic E-state index is -0.784. The fourth-order valence-corrected chi connectivity index (χ4v) is 3.40. The van der Waals surface area contributed by atoms with Crippen molar-refractivity contribution in [3.05, 3.63) is 48.0 Å². The van der Waals surface area contributed by atoms with Crippen LogP contribution in [0.4, 0.5) is 10.6 Å². The number of aromatic nitrogens is 1. The number of hydrogen-bond acceptors (Lipinski definition) is 5. The Morgan fingerprint density at radius 2 is 1.89 bits per heavy atom. The molecule has 0 bridgehead atoms. The molecule has 1 aliphatic heterocycles. The molecule has 0 radical (unpaired) electrons. The van der Waals surface area contributed by atoms with Gasteiger partial charge in [-0.25, -0.2) is 9.78 Å². The first kappa shape index (κ1) is 17.1. The lowest BCUT2D eigenvalue weighted by atomic mass is 9.92. The van der Waals surface area contributed by atoms with Crippen LogP contribution in [0.15, 0.2) is 42.5 Å². The van der Waals surface area contributed by atoms with Crippen molar-refractivity contribution in [2.45, 2.75) is 19.4 Å². The number of nitrogens with zero attached hydrogens (tertiary/aromatic N) is 1. The summed E-state index contributed by atoms with van der Waals surface area (Å²) in [7, 11) is 3.25. The summed E-state index contributed by atoms with van der Waals surface area (Å²) >= 11 is 0. The first-order chi connectivity index (χ1) is 12.9. The maximum Gasteiger partial charge on any atom is 0.413 e. The minimum Gasteiger partial charge on any atom is -0.497 e. The van der Waals surface area contributed by atoms with Crippen LogP contribution in [0.3, 0.4) is 0 Å². The smallest absolute Gasteiger partial charge is 0.413 e. The molecular formula is C21H20N2O4. The molecule has 0 spiro atoms. The lowest BCUT2D eigenvalue weighted by Gasteiger charge is -2.32. The van der Waals surface area contributed by atoms with Gasteiger partial charge in [0.2, 0.25) is 0 Å². The maximum atomic E-state index is 11.9. The van der Waals surface area contributed by atoms with Gasteiger partial charge in [-0.05, 0) is 55.3 Å². The molecule has 2 aromatic carbocycles. The summed E-state index contributed by atoms with van der Waals surface area (Å²) in [6.07, 6.45) is -0.512. The van der Waals surface area contributed by atoms with Crippen molar-refractivity contribution >= 4 is 22.8 Å². The summed E-state index contributed by atoms with van der Waals surface area (Å²) in [5.74, 6) is 1.90. The normalized spacial score (nSPS) is 14.9. The van der Waals surface area contributed by atoms with E-state index in [1.165, 1.54) is 0 Å². The number of fused-ring (bicyclic) bond motifs is 2. The highest BCUT2D eigenvalue weighted by Crippen LogP contribution is 2.41. The van der Waals surface area contributed by atoms with Gasteiger partial charge >= 0.3 is 6.09 Å². The van der Waals surface area contributed by atoms with Crippen LogP contribution in [-0.2, 0) is 10.3 Å². The van der Waals surface area contributed by atoms with Crippen LogP contribution in [-0.4, -0.2) is 25.3 Å². The molecule has 0 saturated carbocycles.